The summed E-state index contributed by atoms with van der Waals surface area (Å²) in [7, 11) is 0. The Morgan fingerprint density at radius 2 is 2.00 bits per heavy atom. The predicted octanol–water partition coefficient (Wildman–Crippen LogP) is 3.09. The van der Waals surface area contributed by atoms with E-state index in [9.17, 15) is 0 Å². The first-order chi connectivity index (χ1) is 8.72. The van der Waals surface area contributed by atoms with Gasteiger partial charge in [0.05, 0.1) is 0 Å². The van der Waals surface area contributed by atoms with Gasteiger partial charge >= 0.3 is 0 Å². The second-order valence-corrected chi connectivity index (χ2v) is 5.43. The average molecular weight is 251 g/mol. The predicted molar refractivity (Wildman–Crippen MR) is 80.0 cm³/mol. The van der Waals surface area contributed by atoms with Gasteiger partial charge in [0.2, 0.25) is 0 Å². The standard InChI is InChI=1S/C15H29N3/c1-4-16-15(18-14-10-5-6-11-14)17-12-8-7-9-13(2)3/h5-6,13-14H,4,7-12H2,1-3H3,(H2,16,17,18). The molecule has 0 fully saturated rings. The van der Waals surface area contributed by atoms with Crippen LogP contribution in [0.3, 0.4) is 0 Å². The van der Waals surface area contributed by atoms with Gasteiger partial charge in [-0.25, -0.2) is 0 Å². The van der Waals surface area contributed by atoms with E-state index in [0.717, 1.165) is 37.8 Å². The highest BCUT2D eigenvalue weighted by Gasteiger charge is 2.11. The van der Waals surface area contributed by atoms with Gasteiger partial charge in [-0.2, -0.15) is 0 Å². The summed E-state index contributed by atoms with van der Waals surface area (Å²) in [6.45, 7) is 8.53. The van der Waals surface area contributed by atoms with Crippen molar-refractivity contribution < 1.29 is 0 Å². The fourth-order valence-corrected chi connectivity index (χ4v) is 2.10. The van der Waals surface area contributed by atoms with Crippen molar-refractivity contribution in [1.29, 1.82) is 0 Å². The number of unbranched alkanes of at least 4 members (excludes halogenated alkanes) is 1. The van der Waals surface area contributed by atoms with Crippen molar-refractivity contribution >= 4 is 5.96 Å². The van der Waals surface area contributed by atoms with E-state index in [4.69, 9.17) is 0 Å². The molecule has 0 aromatic heterocycles. The van der Waals surface area contributed by atoms with Crippen molar-refractivity contribution in [3.63, 3.8) is 0 Å². The van der Waals surface area contributed by atoms with Crippen molar-refractivity contribution in [2.45, 2.75) is 58.9 Å². The molecule has 3 nitrogen and oxygen atoms in total. The van der Waals surface area contributed by atoms with Crippen molar-refractivity contribution in [2.75, 3.05) is 13.1 Å². The zero-order chi connectivity index (χ0) is 13.2. The molecule has 0 amide bonds. The first kappa shape index (κ1) is 15.1. The van der Waals surface area contributed by atoms with Gasteiger partial charge in [0.15, 0.2) is 5.96 Å². The Hall–Kier alpha value is -0.990. The molecular formula is C15H29N3. The van der Waals surface area contributed by atoms with Crippen LogP contribution in [0.4, 0.5) is 0 Å². The molecule has 2 N–H and O–H groups in total. The van der Waals surface area contributed by atoms with Crippen LogP contribution >= 0.6 is 0 Å². The van der Waals surface area contributed by atoms with Crippen LogP contribution in [0.25, 0.3) is 0 Å². The second kappa shape index (κ2) is 9.01. The highest BCUT2D eigenvalue weighted by atomic mass is 15.2. The van der Waals surface area contributed by atoms with E-state index in [1.54, 1.807) is 0 Å². The largest absolute Gasteiger partial charge is 0.357 e. The maximum atomic E-state index is 4.64. The number of nitrogens with one attached hydrogen (secondary N) is 2. The lowest BCUT2D eigenvalue weighted by Gasteiger charge is -2.16. The van der Waals surface area contributed by atoms with Crippen LogP contribution < -0.4 is 10.6 Å². The SMILES string of the molecule is CCNC(=NCCCCC(C)C)NC1CC=CC1. The Morgan fingerprint density at radius 1 is 1.28 bits per heavy atom. The first-order valence-corrected chi connectivity index (χ1v) is 7.42. The van der Waals surface area contributed by atoms with Gasteiger partial charge in [0, 0.05) is 19.1 Å². The Kier molecular flexibility index (Phi) is 7.54. The molecule has 0 saturated carbocycles. The van der Waals surface area contributed by atoms with Crippen LogP contribution in [0.2, 0.25) is 0 Å². The Labute approximate surface area is 112 Å². The van der Waals surface area contributed by atoms with Crippen LogP contribution in [-0.4, -0.2) is 25.1 Å². The average Bonchev–Trinajstić information content (AvgIpc) is 2.81. The van der Waals surface area contributed by atoms with Crippen LogP contribution in [-0.2, 0) is 0 Å². The van der Waals surface area contributed by atoms with E-state index in [2.05, 4.69) is 48.5 Å². The number of rotatable bonds is 7. The first-order valence-electron chi connectivity index (χ1n) is 7.42. The molecule has 0 spiro atoms. The molecule has 0 saturated heterocycles. The summed E-state index contributed by atoms with van der Waals surface area (Å²) < 4.78 is 0. The highest BCUT2D eigenvalue weighted by molar-refractivity contribution is 5.80. The summed E-state index contributed by atoms with van der Waals surface area (Å²) in [6, 6.07) is 0.540. The van der Waals surface area contributed by atoms with Crippen molar-refractivity contribution in [2.24, 2.45) is 10.9 Å². The quantitative estimate of drug-likeness (QED) is 0.316. The summed E-state index contributed by atoms with van der Waals surface area (Å²) in [4.78, 5) is 4.64. The molecule has 1 aliphatic rings. The molecule has 0 bridgehead atoms. The molecule has 1 rings (SSSR count). The molecule has 3 heteroatoms. The Balaban J connectivity index is 2.22. The number of guanidine groups is 1. The van der Waals surface area contributed by atoms with E-state index in [1.807, 2.05) is 0 Å². The zero-order valence-corrected chi connectivity index (χ0v) is 12.2. The molecule has 0 unspecified atom stereocenters. The Bertz CT molecular complexity index is 261. The van der Waals surface area contributed by atoms with Gasteiger partial charge in [0.25, 0.3) is 0 Å². The van der Waals surface area contributed by atoms with Gasteiger partial charge in [0.1, 0.15) is 0 Å². The minimum Gasteiger partial charge on any atom is -0.357 e. The summed E-state index contributed by atoms with van der Waals surface area (Å²) in [5.41, 5.74) is 0. The summed E-state index contributed by atoms with van der Waals surface area (Å²) in [6.07, 6.45) is 10.5. The summed E-state index contributed by atoms with van der Waals surface area (Å²) in [5, 5.41) is 6.81. The van der Waals surface area contributed by atoms with Crippen molar-refractivity contribution in [3.05, 3.63) is 12.2 Å². The minimum atomic E-state index is 0.540. The van der Waals surface area contributed by atoms with Crippen LogP contribution in [0.5, 0.6) is 0 Å². The van der Waals surface area contributed by atoms with Crippen LogP contribution in [0.15, 0.2) is 17.1 Å². The van der Waals surface area contributed by atoms with Gasteiger partial charge < -0.3 is 10.6 Å². The molecule has 0 heterocycles. The maximum absolute atomic E-state index is 4.64. The normalized spacial score (nSPS) is 16.6. The third kappa shape index (κ3) is 6.67. The lowest BCUT2D eigenvalue weighted by molar-refractivity contribution is 0.540. The lowest BCUT2D eigenvalue weighted by atomic mass is 10.1. The molecule has 0 aliphatic heterocycles. The van der Waals surface area contributed by atoms with Crippen molar-refractivity contribution in [3.8, 4) is 0 Å². The fraction of sp³-hybridized carbons (Fsp3) is 0.800. The number of nitrogens with zero attached hydrogens (tertiary/aromatic N) is 1. The van der Waals surface area contributed by atoms with E-state index < -0.39 is 0 Å². The summed E-state index contributed by atoms with van der Waals surface area (Å²) in [5.74, 6) is 1.79. The highest BCUT2D eigenvalue weighted by Crippen LogP contribution is 2.09. The molecule has 0 atom stereocenters. The van der Waals surface area contributed by atoms with Gasteiger partial charge in [-0.3, -0.25) is 4.99 Å². The molecule has 0 aromatic carbocycles. The molecule has 0 aromatic rings. The van der Waals surface area contributed by atoms with Crippen LogP contribution in [0.1, 0.15) is 52.9 Å². The fourth-order valence-electron chi connectivity index (χ4n) is 2.10. The molecule has 0 radical (unpaired) electrons. The number of hydrogen-bond acceptors (Lipinski definition) is 1. The smallest absolute Gasteiger partial charge is 0.191 e. The lowest BCUT2D eigenvalue weighted by Crippen LogP contribution is -2.42. The van der Waals surface area contributed by atoms with Gasteiger partial charge in [-0.05, 0) is 32.1 Å². The minimum absolute atomic E-state index is 0.540. The van der Waals surface area contributed by atoms with E-state index >= 15 is 0 Å². The zero-order valence-electron chi connectivity index (χ0n) is 12.2. The summed E-state index contributed by atoms with van der Waals surface area (Å²) >= 11 is 0. The molecule has 1 aliphatic carbocycles. The number of hydrogen-bond donors (Lipinski definition) is 2. The topological polar surface area (TPSA) is 36.4 Å². The second-order valence-electron chi connectivity index (χ2n) is 5.43. The Morgan fingerprint density at radius 3 is 2.61 bits per heavy atom. The van der Waals surface area contributed by atoms with Crippen LogP contribution in [0, 0.1) is 5.92 Å². The third-order valence-corrected chi connectivity index (χ3v) is 3.15. The molecule has 18 heavy (non-hydrogen) atoms. The van der Waals surface area contributed by atoms with Gasteiger partial charge in [-0.1, -0.05) is 38.8 Å². The molecular weight excluding hydrogens is 222 g/mol. The van der Waals surface area contributed by atoms with E-state index in [1.165, 1.54) is 19.3 Å². The van der Waals surface area contributed by atoms with E-state index in [0.29, 0.717) is 6.04 Å². The monoisotopic (exact) mass is 251 g/mol. The molecule has 104 valence electrons. The third-order valence-electron chi connectivity index (χ3n) is 3.15. The van der Waals surface area contributed by atoms with Gasteiger partial charge in [-0.15, -0.1) is 0 Å². The maximum Gasteiger partial charge on any atom is 0.191 e. The van der Waals surface area contributed by atoms with E-state index in [-0.39, 0.29) is 0 Å². The number of aliphatic imine (C=N–C) groups is 1. The van der Waals surface area contributed by atoms with Crippen molar-refractivity contribution in [1.82, 2.24) is 10.6 Å².